The summed E-state index contributed by atoms with van der Waals surface area (Å²) in [6.45, 7) is 4.22. The molecule has 132 valence electrons. The highest BCUT2D eigenvalue weighted by Gasteiger charge is 2.21. The quantitative estimate of drug-likeness (QED) is 0.876. The lowest BCUT2D eigenvalue weighted by molar-refractivity contribution is -0.116. The van der Waals surface area contributed by atoms with Crippen molar-refractivity contribution in [3.05, 3.63) is 44.0 Å². The van der Waals surface area contributed by atoms with Crippen molar-refractivity contribution in [3.8, 4) is 0 Å². The van der Waals surface area contributed by atoms with Gasteiger partial charge in [0, 0.05) is 22.8 Å². The minimum atomic E-state index is -0.500. The fourth-order valence-corrected chi connectivity index (χ4v) is 3.83. The first-order chi connectivity index (χ1) is 11.9. The molecule has 3 N–H and O–H groups in total. The number of nitrogens with zero attached hydrogens (tertiary/aromatic N) is 2. The molecule has 3 amide bonds. The first-order valence-corrected chi connectivity index (χ1v) is 8.85. The molecule has 8 heteroatoms. The van der Waals surface area contributed by atoms with Gasteiger partial charge in [-0.25, -0.2) is 4.79 Å². The number of amides is 3. The van der Waals surface area contributed by atoms with Crippen molar-refractivity contribution in [2.45, 2.75) is 33.2 Å². The summed E-state index contributed by atoms with van der Waals surface area (Å²) in [6, 6.07) is 4.95. The Morgan fingerprint density at radius 1 is 1.32 bits per heavy atom. The van der Waals surface area contributed by atoms with Crippen LogP contribution in [-0.2, 0) is 17.8 Å². The average Bonchev–Trinajstić information content (AvgIpc) is 2.80. The van der Waals surface area contributed by atoms with Gasteiger partial charge in [-0.15, -0.1) is 0 Å². The lowest BCUT2D eigenvalue weighted by atomic mass is 10.0. The molecule has 0 aliphatic carbocycles. The summed E-state index contributed by atoms with van der Waals surface area (Å²) >= 11 is 1.14. The summed E-state index contributed by atoms with van der Waals surface area (Å²) in [4.78, 5) is 38.1. The van der Waals surface area contributed by atoms with Crippen molar-refractivity contribution in [3.63, 3.8) is 0 Å². The summed E-state index contributed by atoms with van der Waals surface area (Å²) in [5.41, 5.74) is 8.58. The predicted molar refractivity (Wildman–Crippen MR) is 98.4 cm³/mol. The fraction of sp³-hybridized carbons (Fsp3) is 0.353. The zero-order chi connectivity index (χ0) is 18.1. The molecule has 0 unspecified atom stereocenters. The maximum atomic E-state index is 12.3. The maximum absolute atomic E-state index is 12.3. The van der Waals surface area contributed by atoms with Gasteiger partial charge in [0.05, 0.1) is 5.69 Å². The Kier molecular flexibility index (Phi) is 4.63. The largest absolute Gasteiger partial charge is 0.351 e. The molecule has 0 bridgehead atoms. The number of nitrogens with two attached hydrogens (primary N) is 1. The first kappa shape index (κ1) is 17.2. The van der Waals surface area contributed by atoms with E-state index in [9.17, 15) is 14.4 Å². The third kappa shape index (κ3) is 3.43. The summed E-state index contributed by atoms with van der Waals surface area (Å²) in [5.74, 6) is -0.288. The molecule has 0 saturated heterocycles. The molecule has 25 heavy (non-hydrogen) atoms. The Bertz CT molecular complexity index is 900. The van der Waals surface area contributed by atoms with E-state index in [-0.39, 0.29) is 17.3 Å². The Morgan fingerprint density at radius 3 is 2.72 bits per heavy atom. The molecule has 0 saturated carbocycles. The van der Waals surface area contributed by atoms with Crippen LogP contribution in [0.15, 0.2) is 23.0 Å². The number of primary amides is 1. The Hall–Kier alpha value is -2.61. The number of carbonyl (C=O) groups excluding carboxylic acids is 2. The van der Waals surface area contributed by atoms with Gasteiger partial charge in [-0.05, 0) is 44.4 Å². The Labute approximate surface area is 149 Å². The van der Waals surface area contributed by atoms with Gasteiger partial charge in [-0.3, -0.25) is 19.1 Å². The van der Waals surface area contributed by atoms with Gasteiger partial charge in [-0.1, -0.05) is 17.4 Å². The van der Waals surface area contributed by atoms with Gasteiger partial charge < -0.3 is 11.1 Å². The first-order valence-electron chi connectivity index (χ1n) is 8.03. The Morgan fingerprint density at radius 2 is 2.08 bits per heavy atom. The number of fused-ring (bicyclic) bond motifs is 1. The van der Waals surface area contributed by atoms with E-state index in [0.29, 0.717) is 12.2 Å². The van der Waals surface area contributed by atoms with E-state index >= 15 is 0 Å². The second-order valence-corrected chi connectivity index (χ2v) is 7.25. The van der Waals surface area contributed by atoms with E-state index in [4.69, 9.17) is 5.73 Å². The summed E-state index contributed by atoms with van der Waals surface area (Å²) in [7, 11) is 0. The molecule has 1 aromatic carbocycles. The molecular formula is C17H20N4O3S. The highest BCUT2D eigenvalue weighted by Crippen LogP contribution is 2.29. The molecule has 1 aliphatic heterocycles. The topological polar surface area (TPSA) is 97.4 Å². The van der Waals surface area contributed by atoms with Crippen LogP contribution in [0.4, 0.5) is 16.2 Å². The SMILES string of the molecule is Cc1sc(=O)n(CC(=O)Nc2ccc3c(c2)N(C(N)=O)CCC3)c1C. The van der Waals surface area contributed by atoms with Gasteiger partial charge in [0.15, 0.2) is 0 Å². The zero-order valence-electron chi connectivity index (χ0n) is 14.2. The van der Waals surface area contributed by atoms with Crippen LogP contribution in [0.25, 0.3) is 0 Å². The minimum Gasteiger partial charge on any atom is -0.351 e. The number of benzene rings is 1. The number of anilines is 2. The molecule has 7 nitrogen and oxygen atoms in total. The number of rotatable bonds is 3. The van der Waals surface area contributed by atoms with Crippen LogP contribution < -0.4 is 20.8 Å². The molecule has 1 aromatic heterocycles. The van der Waals surface area contributed by atoms with Crippen LogP contribution in [0.3, 0.4) is 0 Å². The van der Waals surface area contributed by atoms with Crippen LogP contribution in [0, 0.1) is 13.8 Å². The molecule has 3 rings (SSSR count). The van der Waals surface area contributed by atoms with Crippen LogP contribution in [0.1, 0.15) is 22.6 Å². The van der Waals surface area contributed by atoms with Crippen molar-refractivity contribution in [1.82, 2.24) is 4.57 Å². The van der Waals surface area contributed by atoms with Crippen LogP contribution in [-0.4, -0.2) is 23.1 Å². The van der Waals surface area contributed by atoms with Gasteiger partial charge in [-0.2, -0.15) is 0 Å². The van der Waals surface area contributed by atoms with Crippen molar-refractivity contribution in [1.29, 1.82) is 0 Å². The van der Waals surface area contributed by atoms with Crippen molar-refractivity contribution in [2.75, 3.05) is 16.8 Å². The van der Waals surface area contributed by atoms with Gasteiger partial charge in [0.2, 0.25) is 5.91 Å². The number of thiazole rings is 1. The van der Waals surface area contributed by atoms with Crippen molar-refractivity contribution in [2.24, 2.45) is 5.73 Å². The minimum absolute atomic E-state index is 0.0361. The number of carbonyl (C=O) groups is 2. The summed E-state index contributed by atoms with van der Waals surface area (Å²) in [6.07, 6.45) is 1.73. The van der Waals surface area contributed by atoms with Gasteiger partial charge >= 0.3 is 10.9 Å². The lowest BCUT2D eigenvalue weighted by Crippen LogP contribution is -2.39. The third-order valence-electron chi connectivity index (χ3n) is 4.43. The van der Waals surface area contributed by atoms with Gasteiger partial charge in [0.1, 0.15) is 6.54 Å². The molecule has 0 atom stereocenters. The van der Waals surface area contributed by atoms with E-state index in [0.717, 1.165) is 46.0 Å². The van der Waals surface area contributed by atoms with E-state index in [1.807, 2.05) is 19.9 Å². The highest BCUT2D eigenvalue weighted by atomic mass is 32.1. The van der Waals surface area contributed by atoms with E-state index in [1.54, 1.807) is 12.1 Å². The second kappa shape index (κ2) is 6.72. The molecule has 2 heterocycles. The molecule has 2 aromatic rings. The number of nitrogens with one attached hydrogen (secondary N) is 1. The van der Waals surface area contributed by atoms with Crippen LogP contribution in [0.5, 0.6) is 0 Å². The number of hydrogen-bond acceptors (Lipinski definition) is 4. The van der Waals surface area contributed by atoms with E-state index in [1.165, 1.54) is 9.47 Å². The lowest BCUT2D eigenvalue weighted by Gasteiger charge is -2.28. The van der Waals surface area contributed by atoms with E-state index in [2.05, 4.69) is 5.32 Å². The highest BCUT2D eigenvalue weighted by molar-refractivity contribution is 7.09. The molecule has 0 radical (unpaired) electrons. The maximum Gasteiger partial charge on any atom is 0.319 e. The normalized spacial score (nSPS) is 13.4. The molecule has 0 fully saturated rings. The molecular weight excluding hydrogens is 340 g/mol. The summed E-state index contributed by atoms with van der Waals surface area (Å²) < 4.78 is 1.46. The standard InChI is InChI=1S/C17H20N4O3S/c1-10-11(2)25-17(24)21(10)9-15(22)19-13-6-5-12-4-3-7-20(16(18)23)14(12)8-13/h5-6,8H,3-4,7,9H2,1-2H3,(H2,18,23)(H,19,22). The smallest absolute Gasteiger partial charge is 0.319 e. The van der Waals surface area contributed by atoms with Crippen molar-refractivity contribution < 1.29 is 9.59 Å². The monoisotopic (exact) mass is 360 g/mol. The molecule has 1 aliphatic rings. The zero-order valence-corrected chi connectivity index (χ0v) is 15.0. The van der Waals surface area contributed by atoms with Crippen LogP contribution in [0.2, 0.25) is 0 Å². The average molecular weight is 360 g/mol. The number of aromatic nitrogens is 1. The summed E-state index contributed by atoms with van der Waals surface area (Å²) in [5, 5.41) is 2.79. The van der Waals surface area contributed by atoms with Crippen LogP contribution >= 0.6 is 11.3 Å². The fourth-order valence-electron chi connectivity index (χ4n) is 3.00. The number of aryl methyl sites for hydroxylation is 2. The number of hydrogen-bond donors (Lipinski definition) is 2. The van der Waals surface area contributed by atoms with Crippen molar-refractivity contribution >= 4 is 34.6 Å². The van der Waals surface area contributed by atoms with Gasteiger partial charge in [0.25, 0.3) is 0 Å². The van der Waals surface area contributed by atoms with E-state index < -0.39 is 6.03 Å². The Balaban J connectivity index is 1.79. The predicted octanol–water partition coefficient (Wildman–Crippen LogP) is 2.00. The molecule has 0 spiro atoms. The number of urea groups is 1. The second-order valence-electron chi connectivity index (χ2n) is 6.08. The third-order valence-corrected chi connectivity index (χ3v) is 5.43.